The van der Waals surface area contributed by atoms with Gasteiger partial charge >= 0.3 is 0 Å². The van der Waals surface area contributed by atoms with Crippen molar-refractivity contribution in [2.45, 2.75) is 13.0 Å². The fourth-order valence-electron chi connectivity index (χ4n) is 3.08. The summed E-state index contributed by atoms with van der Waals surface area (Å²) in [5.74, 6) is -0.312. The summed E-state index contributed by atoms with van der Waals surface area (Å²) in [6.45, 7) is 1.87. The minimum absolute atomic E-state index is 0.312. The highest BCUT2D eigenvalue weighted by Crippen LogP contribution is 2.35. The van der Waals surface area contributed by atoms with Gasteiger partial charge in [0.25, 0.3) is 0 Å². The van der Waals surface area contributed by atoms with Gasteiger partial charge in [-0.15, -0.1) is 0 Å². The molecule has 2 aromatic carbocycles. The van der Waals surface area contributed by atoms with Gasteiger partial charge in [0.1, 0.15) is 12.1 Å². The molecule has 0 fully saturated rings. The molecule has 1 N–H and O–H groups in total. The predicted molar refractivity (Wildman–Crippen MR) is 111 cm³/mol. The third-order valence-electron chi connectivity index (χ3n) is 4.50. The van der Waals surface area contributed by atoms with Gasteiger partial charge in [-0.2, -0.15) is 0 Å². The van der Waals surface area contributed by atoms with Gasteiger partial charge in [0.15, 0.2) is 0 Å². The first-order chi connectivity index (χ1) is 13.5. The second-order valence-electron chi connectivity index (χ2n) is 6.37. The minimum Gasteiger partial charge on any atom is -0.377 e. The summed E-state index contributed by atoms with van der Waals surface area (Å²) in [7, 11) is 0. The van der Waals surface area contributed by atoms with Gasteiger partial charge in [-0.05, 0) is 42.8 Å². The Morgan fingerprint density at radius 2 is 1.75 bits per heavy atom. The maximum Gasteiger partial charge on any atom is 0.128 e. The molecule has 7 heteroatoms. The fourth-order valence-corrected chi connectivity index (χ4v) is 3.46. The van der Waals surface area contributed by atoms with Crippen molar-refractivity contribution in [2.24, 2.45) is 0 Å². The van der Waals surface area contributed by atoms with Crippen LogP contribution >= 0.6 is 23.2 Å². The van der Waals surface area contributed by atoms with Crippen LogP contribution in [0.2, 0.25) is 10.0 Å². The number of halogens is 3. The quantitative estimate of drug-likeness (QED) is 0.426. The minimum atomic E-state index is -0.355. The van der Waals surface area contributed by atoms with Gasteiger partial charge in [-0.1, -0.05) is 29.3 Å². The van der Waals surface area contributed by atoms with Crippen LogP contribution in [0.15, 0.2) is 61.3 Å². The van der Waals surface area contributed by atoms with Crippen LogP contribution in [0.25, 0.3) is 22.0 Å². The Morgan fingerprint density at radius 1 is 0.964 bits per heavy atom. The molecule has 140 valence electrons. The molecule has 0 aliphatic heterocycles. The highest BCUT2D eigenvalue weighted by Gasteiger charge is 2.16. The Morgan fingerprint density at radius 3 is 2.54 bits per heavy atom. The molecular weight excluding hydrogens is 398 g/mol. The summed E-state index contributed by atoms with van der Waals surface area (Å²) in [4.78, 5) is 12.4. The molecule has 2 heterocycles. The van der Waals surface area contributed by atoms with Crippen molar-refractivity contribution in [2.75, 3.05) is 5.32 Å². The molecule has 0 spiro atoms. The van der Waals surface area contributed by atoms with Crippen LogP contribution in [-0.2, 0) is 0 Å². The maximum absolute atomic E-state index is 14.6. The fraction of sp³-hybridized carbons (Fsp3) is 0.0952. The lowest BCUT2D eigenvalue weighted by molar-refractivity contribution is 0.600. The van der Waals surface area contributed by atoms with E-state index >= 15 is 0 Å². The molecule has 0 aliphatic carbocycles. The van der Waals surface area contributed by atoms with Gasteiger partial charge in [0, 0.05) is 40.1 Å². The van der Waals surface area contributed by atoms with Gasteiger partial charge in [-0.25, -0.2) is 14.4 Å². The topological polar surface area (TPSA) is 50.7 Å². The van der Waals surface area contributed by atoms with Crippen LogP contribution in [0.5, 0.6) is 0 Å². The molecule has 4 nitrogen and oxygen atoms in total. The average Bonchev–Trinajstić information content (AvgIpc) is 2.71. The summed E-state index contributed by atoms with van der Waals surface area (Å²) >= 11 is 12.5. The van der Waals surface area contributed by atoms with E-state index in [1.165, 1.54) is 12.4 Å². The van der Waals surface area contributed by atoms with E-state index in [2.05, 4.69) is 20.3 Å². The lowest BCUT2D eigenvalue weighted by atomic mass is 10.0. The molecule has 0 saturated carbocycles. The van der Waals surface area contributed by atoms with E-state index in [0.29, 0.717) is 21.3 Å². The van der Waals surface area contributed by atoms with E-state index in [-0.39, 0.29) is 11.9 Å². The van der Waals surface area contributed by atoms with Crippen LogP contribution < -0.4 is 5.32 Å². The smallest absolute Gasteiger partial charge is 0.128 e. The van der Waals surface area contributed by atoms with Crippen molar-refractivity contribution >= 4 is 39.8 Å². The zero-order valence-electron chi connectivity index (χ0n) is 14.8. The molecule has 1 unspecified atom stereocenters. The first-order valence-electron chi connectivity index (χ1n) is 8.58. The van der Waals surface area contributed by atoms with Crippen LogP contribution in [0.4, 0.5) is 10.1 Å². The highest BCUT2D eigenvalue weighted by atomic mass is 35.5. The first kappa shape index (κ1) is 18.6. The zero-order valence-corrected chi connectivity index (χ0v) is 16.3. The summed E-state index contributed by atoms with van der Waals surface area (Å²) in [6, 6.07) is 9.96. The molecule has 0 radical (unpaired) electrons. The SMILES string of the molecule is CC(Nc1c(Cl)cnc2ccc(Cl)cc12)c1cc(-c2cncnc2)ccc1F. The van der Waals surface area contributed by atoms with Gasteiger partial charge in [-0.3, -0.25) is 4.98 Å². The monoisotopic (exact) mass is 412 g/mol. The van der Waals surface area contributed by atoms with Crippen molar-refractivity contribution in [3.05, 3.63) is 82.7 Å². The molecule has 1 atom stereocenters. The molecule has 0 aliphatic rings. The Hall–Kier alpha value is -2.76. The van der Waals surface area contributed by atoms with Crippen LogP contribution in [0.3, 0.4) is 0 Å². The number of anilines is 1. The standard InChI is InChI=1S/C21H15Cl2FN4/c1-12(16-6-13(2-4-19(16)24)14-8-25-11-26-9-14)28-21-17-7-15(22)3-5-20(17)27-10-18(21)23/h2-12H,1H3,(H,27,28). The lowest BCUT2D eigenvalue weighted by Crippen LogP contribution is -2.10. The number of benzene rings is 2. The maximum atomic E-state index is 14.6. The average molecular weight is 413 g/mol. The van der Waals surface area contributed by atoms with E-state index < -0.39 is 0 Å². The molecular formula is C21H15Cl2FN4. The van der Waals surface area contributed by atoms with E-state index in [4.69, 9.17) is 23.2 Å². The Balaban J connectivity index is 1.73. The first-order valence-corrected chi connectivity index (χ1v) is 9.33. The van der Waals surface area contributed by atoms with Crippen LogP contribution in [-0.4, -0.2) is 15.0 Å². The van der Waals surface area contributed by atoms with Gasteiger partial charge in [0.2, 0.25) is 0 Å². The van der Waals surface area contributed by atoms with E-state index in [1.54, 1.807) is 42.9 Å². The molecule has 0 saturated heterocycles. The normalized spacial score (nSPS) is 12.1. The number of rotatable bonds is 4. The number of hydrogen-bond donors (Lipinski definition) is 1. The second-order valence-corrected chi connectivity index (χ2v) is 7.22. The van der Waals surface area contributed by atoms with Crippen molar-refractivity contribution in [1.29, 1.82) is 0 Å². The van der Waals surface area contributed by atoms with Crippen LogP contribution in [0, 0.1) is 5.82 Å². The largest absolute Gasteiger partial charge is 0.377 e. The Kier molecular flexibility index (Phi) is 5.11. The van der Waals surface area contributed by atoms with Crippen molar-refractivity contribution in [1.82, 2.24) is 15.0 Å². The van der Waals surface area contributed by atoms with Crippen LogP contribution in [0.1, 0.15) is 18.5 Å². The van der Waals surface area contributed by atoms with E-state index in [1.807, 2.05) is 13.0 Å². The molecule has 28 heavy (non-hydrogen) atoms. The Bertz CT molecular complexity index is 1150. The summed E-state index contributed by atoms with van der Waals surface area (Å²) in [5.41, 5.74) is 3.56. The van der Waals surface area contributed by atoms with Gasteiger partial charge < -0.3 is 5.32 Å². The number of fused-ring (bicyclic) bond motifs is 1. The predicted octanol–water partition coefficient (Wildman–Crippen LogP) is 6.31. The Labute approximate surface area is 171 Å². The zero-order chi connectivity index (χ0) is 19.7. The lowest BCUT2D eigenvalue weighted by Gasteiger charge is -2.20. The molecule has 4 rings (SSSR count). The second kappa shape index (κ2) is 7.70. The highest BCUT2D eigenvalue weighted by molar-refractivity contribution is 6.35. The molecule has 0 amide bonds. The van der Waals surface area contributed by atoms with Crippen molar-refractivity contribution < 1.29 is 4.39 Å². The number of nitrogens with one attached hydrogen (secondary N) is 1. The van der Waals surface area contributed by atoms with E-state index in [9.17, 15) is 4.39 Å². The summed E-state index contributed by atoms with van der Waals surface area (Å²) in [5, 5.41) is 5.11. The summed E-state index contributed by atoms with van der Waals surface area (Å²) in [6.07, 6.45) is 6.41. The third-order valence-corrected chi connectivity index (χ3v) is 5.02. The van der Waals surface area contributed by atoms with Crippen molar-refractivity contribution in [3.8, 4) is 11.1 Å². The third kappa shape index (κ3) is 3.63. The van der Waals surface area contributed by atoms with E-state index in [0.717, 1.165) is 22.0 Å². The number of pyridine rings is 1. The molecule has 4 aromatic rings. The summed E-state index contributed by atoms with van der Waals surface area (Å²) < 4.78 is 14.6. The molecule has 0 bridgehead atoms. The van der Waals surface area contributed by atoms with Gasteiger partial charge in [0.05, 0.1) is 22.3 Å². The van der Waals surface area contributed by atoms with Crippen molar-refractivity contribution in [3.63, 3.8) is 0 Å². The number of aromatic nitrogens is 3. The number of nitrogens with zero attached hydrogens (tertiary/aromatic N) is 3. The number of hydrogen-bond acceptors (Lipinski definition) is 4. The molecule has 2 aromatic heterocycles.